The molecule has 0 aliphatic rings. The molecule has 26 heavy (non-hydrogen) atoms. The maximum absolute atomic E-state index is 13.5. The largest absolute Gasteiger partial charge is 0.312 e. The van der Waals surface area contributed by atoms with Crippen LogP contribution in [0.5, 0.6) is 0 Å². The lowest BCUT2D eigenvalue weighted by molar-refractivity contribution is 0.0993. The Morgan fingerprint density at radius 1 is 1.27 bits per heavy atom. The van der Waals surface area contributed by atoms with Crippen LogP contribution in [0.2, 0.25) is 0 Å². The van der Waals surface area contributed by atoms with Crippen LogP contribution in [0.15, 0.2) is 66.3 Å². The molecule has 4 aromatic rings. The zero-order valence-corrected chi connectivity index (χ0v) is 14.4. The average Bonchev–Trinajstić information content (AvgIpc) is 2.98. The molecule has 0 spiro atoms. The zero-order chi connectivity index (χ0) is 18.1. The van der Waals surface area contributed by atoms with Crippen LogP contribution in [0.1, 0.15) is 10.5 Å². The lowest BCUT2D eigenvalue weighted by Crippen LogP contribution is -2.16. The van der Waals surface area contributed by atoms with Gasteiger partial charge in [-0.2, -0.15) is 4.99 Å². The molecule has 0 aliphatic carbocycles. The van der Waals surface area contributed by atoms with Gasteiger partial charge in [0.15, 0.2) is 4.80 Å². The Labute approximate surface area is 151 Å². The lowest BCUT2D eigenvalue weighted by Gasteiger charge is -2.01. The van der Waals surface area contributed by atoms with Gasteiger partial charge in [-0.15, -0.1) is 6.58 Å². The summed E-state index contributed by atoms with van der Waals surface area (Å²) in [6.45, 7) is 4.19. The van der Waals surface area contributed by atoms with Crippen LogP contribution in [0.3, 0.4) is 0 Å². The molecule has 5 nitrogen and oxygen atoms in total. The first-order valence-electron chi connectivity index (χ1n) is 7.86. The van der Waals surface area contributed by atoms with Gasteiger partial charge in [0, 0.05) is 6.54 Å². The third kappa shape index (κ3) is 2.93. The molecule has 0 saturated heterocycles. The van der Waals surface area contributed by atoms with Crippen molar-refractivity contribution in [1.29, 1.82) is 0 Å². The molecule has 2 aromatic heterocycles. The predicted octanol–water partition coefficient (Wildman–Crippen LogP) is 3.71. The molecule has 0 atom stereocenters. The molecule has 0 radical (unpaired) electrons. The van der Waals surface area contributed by atoms with Crippen molar-refractivity contribution in [2.45, 2.75) is 6.54 Å². The van der Waals surface area contributed by atoms with Crippen LogP contribution in [0.4, 0.5) is 4.39 Å². The predicted molar refractivity (Wildman–Crippen MR) is 99.4 cm³/mol. The molecule has 0 unspecified atom stereocenters. The van der Waals surface area contributed by atoms with Gasteiger partial charge in [0.1, 0.15) is 11.5 Å². The fourth-order valence-electron chi connectivity index (χ4n) is 2.64. The molecule has 2 heterocycles. The van der Waals surface area contributed by atoms with E-state index in [1.165, 1.54) is 29.7 Å². The number of amides is 1. The van der Waals surface area contributed by atoms with Crippen molar-refractivity contribution in [2.75, 3.05) is 0 Å². The van der Waals surface area contributed by atoms with Crippen molar-refractivity contribution < 1.29 is 9.18 Å². The molecule has 128 valence electrons. The van der Waals surface area contributed by atoms with Gasteiger partial charge in [-0.1, -0.05) is 29.5 Å². The maximum Gasteiger partial charge on any atom is 0.299 e. The van der Waals surface area contributed by atoms with E-state index in [0.717, 1.165) is 5.52 Å². The summed E-state index contributed by atoms with van der Waals surface area (Å²) in [6.07, 6.45) is 3.12. The van der Waals surface area contributed by atoms with Crippen LogP contribution in [0, 0.1) is 5.82 Å². The number of hydrogen-bond donors (Lipinski definition) is 0. The Kier molecular flexibility index (Phi) is 4.14. The molecule has 4 rings (SSSR count). The summed E-state index contributed by atoms with van der Waals surface area (Å²) >= 11 is 1.24. The maximum atomic E-state index is 13.5. The summed E-state index contributed by atoms with van der Waals surface area (Å²) in [4.78, 5) is 25.8. The van der Waals surface area contributed by atoms with Gasteiger partial charge in [-0.05, 0) is 30.3 Å². The molecule has 0 saturated carbocycles. The van der Waals surface area contributed by atoms with Crippen molar-refractivity contribution in [3.63, 3.8) is 0 Å². The normalized spacial score (nSPS) is 12.0. The Hall–Kier alpha value is -3.19. The third-order valence-corrected chi connectivity index (χ3v) is 4.86. The van der Waals surface area contributed by atoms with Crippen LogP contribution in [-0.2, 0) is 6.54 Å². The van der Waals surface area contributed by atoms with E-state index >= 15 is 0 Å². The van der Waals surface area contributed by atoms with Gasteiger partial charge in [0.25, 0.3) is 5.91 Å². The van der Waals surface area contributed by atoms with E-state index in [4.69, 9.17) is 0 Å². The van der Waals surface area contributed by atoms with E-state index in [-0.39, 0.29) is 11.5 Å². The minimum atomic E-state index is -0.493. The molecule has 0 bridgehead atoms. The van der Waals surface area contributed by atoms with Crippen molar-refractivity contribution in [3.05, 3.63) is 77.6 Å². The van der Waals surface area contributed by atoms with Gasteiger partial charge in [0.2, 0.25) is 0 Å². The Bertz CT molecular complexity index is 1230. The van der Waals surface area contributed by atoms with Crippen LogP contribution in [0.25, 0.3) is 21.3 Å². The Balaban J connectivity index is 1.84. The van der Waals surface area contributed by atoms with E-state index in [2.05, 4.69) is 21.5 Å². The summed E-state index contributed by atoms with van der Waals surface area (Å²) in [6, 6.07) is 11.8. The van der Waals surface area contributed by atoms with E-state index in [0.29, 0.717) is 27.1 Å². The number of rotatable bonds is 3. The molecule has 0 N–H and O–H groups in total. The highest BCUT2D eigenvalue weighted by Crippen LogP contribution is 2.19. The molecule has 0 aliphatic heterocycles. The first-order chi connectivity index (χ1) is 12.7. The van der Waals surface area contributed by atoms with Crippen LogP contribution in [-0.4, -0.2) is 20.4 Å². The number of nitrogens with zero attached hydrogens (tertiary/aromatic N) is 4. The minimum Gasteiger partial charge on any atom is -0.312 e. The second kappa shape index (κ2) is 6.61. The van der Waals surface area contributed by atoms with Crippen LogP contribution < -0.4 is 4.80 Å². The minimum absolute atomic E-state index is 0.164. The summed E-state index contributed by atoms with van der Waals surface area (Å²) < 4.78 is 16.0. The Morgan fingerprint density at radius 3 is 2.88 bits per heavy atom. The monoisotopic (exact) mass is 364 g/mol. The third-order valence-electron chi connectivity index (χ3n) is 3.82. The van der Waals surface area contributed by atoms with E-state index in [1.54, 1.807) is 18.2 Å². The highest BCUT2D eigenvalue weighted by atomic mass is 32.1. The van der Waals surface area contributed by atoms with E-state index in [1.807, 2.05) is 22.8 Å². The van der Waals surface area contributed by atoms with Gasteiger partial charge in [0.05, 0.1) is 27.4 Å². The molecule has 0 fully saturated rings. The lowest BCUT2D eigenvalue weighted by atomic mass is 10.3. The number of carbonyl (C=O) groups is 1. The molecule has 7 heteroatoms. The smallest absolute Gasteiger partial charge is 0.299 e. The highest BCUT2D eigenvalue weighted by Gasteiger charge is 2.11. The average molecular weight is 364 g/mol. The number of carbonyl (C=O) groups excluding carboxylic acids is 1. The van der Waals surface area contributed by atoms with E-state index in [9.17, 15) is 9.18 Å². The standard InChI is InChI=1S/C19H13FN4OS/c1-2-9-24-16-8-7-12(20)10-17(16)26-19(24)23-18(25)15-11-21-13-5-3-4-6-14(13)22-15/h2-8,10-11H,1,9H2. The molecular formula is C19H13FN4OS. The zero-order valence-electron chi connectivity index (χ0n) is 13.6. The number of hydrogen-bond acceptors (Lipinski definition) is 4. The summed E-state index contributed by atoms with van der Waals surface area (Å²) in [5.74, 6) is -0.823. The van der Waals surface area contributed by atoms with Crippen molar-refractivity contribution in [1.82, 2.24) is 14.5 Å². The fraction of sp³-hybridized carbons (Fsp3) is 0.0526. The van der Waals surface area contributed by atoms with E-state index < -0.39 is 5.91 Å². The quantitative estimate of drug-likeness (QED) is 0.521. The summed E-state index contributed by atoms with van der Waals surface area (Å²) in [5, 5.41) is 0. The summed E-state index contributed by atoms with van der Waals surface area (Å²) in [7, 11) is 0. The molecule has 1 amide bonds. The van der Waals surface area contributed by atoms with Gasteiger partial charge >= 0.3 is 0 Å². The van der Waals surface area contributed by atoms with Crippen LogP contribution >= 0.6 is 11.3 Å². The number of para-hydroxylation sites is 2. The number of thiazole rings is 1. The fourth-order valence-corrected chi connectivity index (χ4v) is 3.70. The van der Waals surface area contributed by atoms with Gasteiger partial charge < -0.3 is 4.57 Å². The number of halogens is 1. The first kappa shape index (κ1) is 16.3. The van der Waals surface area contributed by atoms with Gasteiger partial charge in [-0.3, -0.25) is 9.78 Å². The van der Waals surface area contributed by atoms with Crippen molar-refractivity contribution in [2.24, 2.45) is 4.99 Å². The molecular weight excluding hydrogens is 351 g/mol. The van der Waals surface area contributed by atoms with Crippen molar-refractivity contribution in [3.8, 4) is 0 Å². The highest BCUT2D eigenvalue weighted by molar-refractivity contribution is 7.16. The topological polar surface area (TPSA) is 60.1 Å². The first-order valence-corrected chi connectivity index (χ1v) is 8.68. The second-order valence-corrected chi connectivity index (χ2v) is 6.57. The second-order valence-electron chi connectivity index (χ2n) is 5.56. The summed E-state index contributed by atoms with van der Waals surface area (Å²) in [5.41, 5.74) is 2.30. The Morgan fingerprint density at radius 2 is 2.08 bits per heavy atom. The van der Waals surface area contributed by atoms with Gasteiger partial charge in [-0.25, -0.2) is 9.37 Å². The number of benzene rings is 2. The SMILES string of the molecule is C=CCn1c(=NC(=O)c2cnc3ccccc3n2)sc2cc(F)ccc21. The number of allylic oxidation sites excluding steroid dienone is 1. The number of aromatic nitrogens is 3. The molecule has 2 aromatic carbocycles. The van der Waals surface area contributed by atoms with Crippen molar-refractivity contribution >= 4 is 38.5 Å². The number of fused-ring (bicyclic) bond motifs is 2.